The van der Waals surface area contributed by atoms with Crippen molar-refractivity contribution in [3.63, 3.8) is 0 Å². The van der Waals surface area contributed by atoms with Crippen LogP contribution in [-0.2, 0) is 4.74 Å². The molecule has 0 bridgehead atoms. The molecule has 0 aliphatic carbocycles. The molecular weight excluding hydrogens is 255 g/mol. The first-order valence-electron chi connectivity index (χ1n) is 6.05. The molecule has 3 nitrogen and oxygen atoms in total. The number of rotatable bonds is 3. The Kier molecular flexibility index (Phi) is 4.56. The average molecular weight is 273 g/mol. The molecule has 1 fully saturated rings. The van der Waals surface area contributed by atoms with Gasteiger partial charge in [-0.1, -0.05) is 17.7 Å². The van der Waals surface area contributed by atoms with Crippen LogP contribution in [0, 0.1) is 5.82 Å². The number of halogens is 2. The lowest BCUT2D eigenvalue weighted by Gasteiger charge is -2.39. The average Bonchev–Trinajstić information content (AvgIpc) is 2.32. The number of likely N-dealkylation sites (N-methyl/N-ethyl adjacent to an activating group) is 2. The monoisotopic (exact) mass is 272 g/mol. The van der Waals surface area contributed by atoms with Gasteiger partial charge in [-0.05, 0) is 26.2 Å². The first kappa shape index (κ1) is 13.7. The molecule has 1 aromatic rings. The quantitative estimate of drug-likeness (QED) is 0.912. The third-order valence-corrected chi connectivity index (χ3v) is 3.63. The second-order valence-corrected chi connectivity index (χ2v) is 4.93. The fourth-order valence-electron chi connectivity index (χ4n) is 2.43. The predicted octanol–water partition coefficient (Wildman–Crippen LogP) is 2.07. The van der Waals surface area contributed by atoms with E-state index in [1.807, 2.05) is 14.1 Å². The number of ether oxygens (including phenoxy) is 1. The van der Waals surface area contributed by atoms with E-state index in [9.17, 15) is 4.39 Å². The first-order valence-corrected chi connectivity index (χ1v) is 6.43. The van der Waals surface area contributed by atoms with E-state index in [2.05, 4.69) is 10.2 Å². The highest BCUT2D eigenvalue weighted by molar-refractivity contribution is 6.31. The topological polar surface area (TPSA) is 24.5 Å². The second-order valence-electron chi connectivity index (χ2n) is 4.53. The van der Waals surface area contributed by atoms with Gasteiger partial charge in [0, 0.05) is 23.7 Å². The van der Waals surface area contributed by atoms with E-state index >= 15 is 0 Å². The standard InChI is InChI=1S/C13H18ClFN2O/c1-16-8-11-13(17(2)6-7-18-11)12-9(14)4-3-5-10(12)15/h3-5,11,13,16H,6-8H2,1-2H3. The molecule has 2 atom stereocenters. The zero-order valence-corrected chi connectivity index (χ0v) is 11.4. The minimum absolute atomic E-state index is 0.0943. The van der Waals surface area contributed by atoms with Crippen molar-refractivity contribution < 1.29 is 9.13 Å². The Morgan fingerprint density at radius 1 is 1.56 bits per heavy atom. The van der Waals surface area contributed by atoms with E-state index in [0.29, 0.717) is 23.7 Å². The van der Waals surface area contributed by atoms with Crippen molar-refractivity contribution in [1.29, 1.82) is 0 Å². The lowest BCUT2D eigenvalue weighted by Crippen LogP contribution is -2.47. The molecule has 5 heteroatoms. The summed E-state index contributed by atoms with van der Waals surface area (Å²) < 4.78 is 19.8. The van der Waals surface area contributed by atoms with Gasteiger partial charge in [-0.3, -0.25) is 4.90 Å². The van der Waals surface area contributed by atoms with E-state index in [4.69, 9.17) is 16.3 Å². The number of hydrogen-bond donors (Lipinski definition) is 1. The Labute approximate surface area is 112 Å². The number of nitrogens with one attached hydrogen (secondary N) is 1. The molecule has 0 radical (unpaired) electrons. The van der Waals surface area contributed by atoms with Gasteiger partial charge in [0.1, 0.15) is 5.82 Å². The van der Waals surface area contributed by atoms with Crippen molar-refractivity contribution in [2.75, 3.05) is 33.8 Å². The fourth-order valence-corrected chi connectivity index (χ4v) is 2.71. The van der Waals surface area contributed by atoms with Crippen LogP contribution in [0.3, 0.4) is 0 Å². The van der Waals surface area contributed by atoms with Crippen LogP contribution in [-0.4, -0.2) is 44.8 Å². The molecule has 100 valence electrons. The Morgan fingerprint density at radius 3 is 3.00 bits per heavy atom. The molecule has 1 saturated heterocycles. The minimum atomic E-state index is -0.272. The van der Waals surface area contributed by atoms with Gasteiger partial charge in [0.05, 0.1) is 18.8 Å². The largest absolute Gasteiger partial charge is 0.374 e. The highest BCUT2D eigenvalue weighted by Crippen LogP contribution is 2.34. The normalized spacial score (nSPS) is 25.3. The number of hydrogen-bond acceptors (Lipinski definition) is 3. The summed E-state index contributed by atoms with van der Waals surface area (Å²) in [4.78, 5) is 2.09. The third kappa shape index (κ3) is 2.67. The van der Waals surface area contributed by atoms with E-state index in [1.165, 1.54) is 6.07 Å². The van der Waals surface area contributed by atoms with Crippen molar-refractivity contribution in [2.45, 2.75) is 12.1 Å². The van der Waals surface area contributed by atoms with Crippen LogP contribution in [0.2, 0.25) is 5.02 Å². The molecule has 1 aliphatic heterocycles. The van der Waals surface area contributed by atoms with Gasteiger partial charge < -0.3 is 10.1 Å². The molecule has 1 aromatic carbocycles. The van der Waals surface area contributed by atoms with Gasteiger partial charge in [-0.25, -0.2) is 4.39 Å². The summed E-state index contributed by atoms with van der Waals surface area (Å²) in [7, 11) is 3.83. The lowest BCUT2D eigenvalue weighted by molar-refractivity contribution is -0.0616. The van der Waals surface area contributed by atoms with Crippen molar-refractivity contribution >= 4 is 11.6 Å². The molecular formula is C13H18ClFN2O. The zero-order chi connectivity index (χ0) is 13.1. The molecule has 2 unspecified atom stereocenters. The molecule has 1 heterocycles. The van der Waals surface area contributed by atoms with Crippen molar-refractivity contribution in [3.05, 3.63) is 34.6 Å². The maximum Gasteiger partial charge on any atom is 0.129 e. The van der Waals surface area contributed by atoms with Crippen LogP contribution in [0.5, 0.6) is 0 Å². The fraction of sp³-hybridized carbons (Fsp3) is 0.538. The first-order chi connectivity index (χ1) is 8.65. The van der Waals surface area contributed by atoms with Crippen LogP contribution in [0.1, 0.15) is 11.6 Å². The Balaban J connectivity index is 2.37. The van der Waals surface area contributed by atoms with Gasteiger partial charge >= 0.3 is 0 Å². The SMILES string of the molecule is CNCC1OCCN(C)C1c1c(F)cccc1Cl. The van der Waals surface area contributed by atoms with Crippen molar-refractivity contribution in [3.8, 4) is 0 Å². The molecule has 2 rings (SSSR count). The molecule has 18 heavy (non-hydrogen) atoms. The molecule has 0 amide bonds. The van der Waals surface area contributed by atoms with Gasteiger partial charge in [0.15, 0.2) is 0 Å². The summed E-state index contributed by atoms with van der Waals surface area (Å²) >= 11 is 6.15. The highest BCUT2D eigenvalue weighted by Gasteiger charge is 2.34. The zero-order valence-electron chi connectivity index (χ0n) is 10.6. The third-order valence-electron chi connectivity index (χ3n) is 3.30. The van der Waals surface area contributed by atoms with Crippen molar-refractivity contribution in [1.82, 2.24) is 10.2 Å². The number of morpholine rings is 1. The van der Waals surface area contributed by atoms with Crippen LogP contribution in [0.15, 0.2) is 18.2 Å². The minimum Gasteiger partial charge on any atom is -0.374 e. The van der Waals surface area contributed by atoms with E-state index < -0.39 is 0 Å². The van der Waals surface area contributed by atoms with Crippen LogP contribution in [0.25, 0.3) is 0 Å². The summed E-state index contributed by atoms with van der Waals surface area (Å²) in [6.07, 6.45) is -0.0943. The maximum absolute atomic E-state index is 14.0. The molecule has 0 aromatic heterocycles. The van der Waals surface area contributed by atoms with E-state index in [1.54, 1.807) is 12.1 Å². The van der Waals surface area contributed by atoms with Gasteiger partial charge in [-0.15, -0.1) is 0 Å². The number of benzene rings is 1. The Bertz CT molecular complexity index is 394. The number of nitrogens with zero attached hydrogens (tertiary/aromatic N) is 1. The molecule has 0 spiro atoms. The Morgan fingerprint density at radius 2 is 2.33 bits per heavy atom. The van der Waals surface area contributed by atoms with Crippen LogP contribution >= 0.6 is 11.6 Å². The summed E-state index contributed by atoms with van der Waals surface area (Å²) in [5.74, 6) is -0.272. The lowest BCUT2D eigenvalue weighted by atomic mass is 9.97. The molecule has 0 saturated carbocycles. The molecule has 1 N–H and O–H groups in total. The van der Waals surface area contributed by atoms with Crippen molar-refractivity contribution in [2.24, 2.45) is 0 Å². The van der Waals surface area contributed by atoms with E-state index in [-0.39, 0.29) is 18.0 Å². The summed E-state index contributed by atoms with van der Waals surface area (Å²) in [5.41, 5.74) is 0.529. The van der Waals surface area contributed by atoms with Crippen LogP contribution in [0.4, 0.5) is 4.39 Å². The summed E-state index contributed by atoms with van der Waals surface area (Å²) in [5, 5.41) is 3.54. The van der Waals surface area contributed by atoms with Gasteiger partial charge in [-0.2, -0.15) is 0 Å². The second kappa shape index (κ2) is 5.97. The molecule has 1 aliphatic rings. The van der Waals surface area contributed by atoms with Crippen LogP contribution < -0.4 is 5.32 Å². The summed E-state index contributed by atoms with van der Waals surface area (Å²) in [6, 6.07) is 4.64. The smallest absolute Gasteiger partial charge is 0.129 e. The summed E-state index contributed by atoms with van der Waals surface area (Å²) in [6.45, 7) is 2.10. The van der Waals surface area contributed by atoms with E-state index in [0.717, 1.165) is 6.54 Å². The van der Waals surface area contributed by atoms with Gasteiger partial charge in [0.25, 0.3) is 0 Å². The highest BCUT2D eigenvalue weighted by atomic mass is 35.5. The van der Waals surface area contributed by atoms with Gasteiger partial charge in [0.2, 0.25) is 0 Å². The Hall–Kier alpha value is -0.680. The predicted molar refractivity (Wildman–Crippen MR) is 70.4 cm³/mol. The maximum atomic E-state index is 14.0.